The van der Waals surface area contributed by atoms with Crippen LogP contribution in [0.5, 0.6) is 0 Å². The van der Waals surface area contributed by atoms with E-state index in [2.05, 4.69) is 39.4 Å². The van der Waals surface area contributed by atoms with Gasteiger partial charge >= 0.3 is 0 Å². The molecule has 1 aromatic carbocycles. The number of imide groups is 1. The number of unbranched alkanes of at least 4 members (excludes halogenated alkanes) is 2. The van der Waals surface area contributed by atoms with Gasteiger partial charge in [-0.3, -0.25) is 33.7 Å². The number of tetrazole rings is 1. The molecule has 1 aromatic heterocycles. The van der Waals surface area contributed by atoms with Crippen LogP contribution in [-0.2, 0) is 44.7 Å². The molecule has 386 valence electrons. The summed E-state index contributed by atoms with van der Waals surface area (Å²) < 4.78 is 12.2. The second kappa shape index (κ2) is 26.6. The smallest absolute Gasteiger partial charge is 0.253 e. The number of likely N-dealkylation sites (tertiary alicyclic amines) is 1. The molecule has 2 saturated heterocycles. The predicted molar refractivity (Wildman–Crippen MR) is 265 cm³/mol. The molecule has 0 spiro atoms. The Hall–Kier alpha value is -5.56. The lowest BCUT2D eigenvalue weighted by Gasteiger charge is -2.41. The zero-order valence-corrected chi connectivity index (χ0v) is 43.3. The summed E-state index contributed by atoms with van der Waals surface area (Å²) in [7, 11) is 8.79. The molecule has 0 aliphatic carbocycles. The van der Waals surface area contributed by atoms with E-state index in [9.17, 15) is 28.8 Å². The number of nitrogens with one attached hydrogen (secondary N) is 1. The minimum absolute atomic E-state index is 0.00727. The van der Waals surface area contributed by atoms with E-state index in [-0.39, 0.29) is 72.0 Å². The van der Waals surface area contributed by atoms with Gasteiger partial charge in [0.15, 0.2) is 11.8 Å². The Morgan fingerprint density at radius 2 is 1.53 bits per heavy atom. The number of nitrogens with zero attached hydrogens (tertiary/aromatic N) is 10. The van der Waals surface area contributed by atoms with Gasteiger partial charge in [-0.05, 0) is 49.5 Å². The summed E-state index contributed by atoms with van der Waals surface area (Å²) in [6.07, 6.45) is 6.83. The van der Waals surface area contributed by atoms with Crippen molar-refractivity contribution in [2.24, 2.45) is 22.7 Å². The van der Waals surface area contributed by atoms with E-state index in [0.29, 0.717) is 83.2 Å². The van der Waals surface area contributed by atoms with Crippen molar-refractivity contribution in [2.75, 3.05) is 74.6 Å². The number of hydrogen-bond acceptors (Lipinski definition) is 12. The monoisotopic (exact) mass is 974 g/mol. The number of likely N-dealkylation sites (N-methyl/N-ethyl adjacent to an activating group) is 1. The van der Waals surface area contributed by atoms with Gasteiger partial charge in [0, 0.05) is 111 Å². The summed E-state index contributed by atoms with van der Waals surface area (Å²) in [5, 5.41) is 14.7. The number of carbonyl (C=O) groups excluding carboxylic acids is 6. The number of aromatic amines is 1. The molecule has 70 heavy (non-hydrogen) atoms. The van der Waals surface area contributed by atoms with Crippen molar-refractivity contribution in [3.05, 3.63) is 53.9 Å². The number of aliphatic imine (C=N–C) groups is 1. The Bertz CT molecular complexity index is 2070. The first kappa shape index (κ1) is 55.4. The van der Waals surface area contributed by atoms with Crippen LogP contribution in [0.15, 0.2) is 47.5 Å². The number of hydrogen-bond donors (Lipinski definition) is 1. The van der Waals surface area contributed by atoms with Gasteiger partial charge in [0.1, 0.15) is 11.8 Å². The minimum Gasteiger partial charge on any atom is -0.379 e. The maximum Gasteiger partial charge on any atom is 0.253 e. The molecule has 0 radical (unpaired) electrons. The summed E-state index contributed by atoms with van der Waals surface area (Å²) in [5.74, 6) is -0.665. The van der Waals surface area contributed by atoms with Gasteiger partial charge in [-0.1, -0.05) is 83.0 Å². The third-order valence-corrected chi connectivity index (χ3v) is 14.5. The van der Waals surface area contributed by atoms with E-state index in [1.54, 1.807) is 26.2 Å². The van der Waals surface area contributed by atoms with E-state index >= 15 is 0 Å². The van der Waals surface area contributed by atoms with Gasteiger partial charge in [0.2, 0.25) is 17.7 Å². The first-order chi connectivity index (χ1) is 33.5. The molecule has 4 heterocycles. The normalized spacial score (nSPS) is 19.6. The minimum atomic E-state index is -0.736. The van der Waals surface area contributed by atoms with Crippen LogP contribution in [-0.4, -0.2) is 196 Å². The molecule has 3 aliphatic rings. The van der Waals surface area contributed by atoms with Crippen LogP contribution in [0, 0.1) is 17.8 Å². The van der Waals surface area contributed by atoms with E-state index in [4.69, 9.17) is 14.5 Å². The first-order valence-corrected chi connectivity index (χ1v) is 25.2. The number of carbonyl (C=O) groups is 6. The SMILES string of the molecule is CC[C@H](C)[C@@H]([C@@H](CC(=O)N1CCC[C@H]1[C@H](OC)[C@@H](C)C(=O)C[C@@H](Cc1ccccc1)c1nn[nH]n1)OC)N(C)C(=O)[C@@H](N=C(N(C)C)N1CCN(C(=O)CCCCCN2C(=O)C=CC2=O)CC1)C(C)C. The van der Waals surface area contributed by atoms with E-state index in [1.807, 2.05) is 79.9 Å². The van der Waals surface area contributed by atoms with Crippen LogP contribution in [0.2, 0.25) is 0 Å². The quantitative estimate of drug-likeness (QED) is 0.0648. The van der Waals surface area contributed by atoms with Crippen molar-refractivity contribution >= 4 is 41.3 Å². The summed E-state index contributed by atoms with van der Waals surface area (Å²) >= 11 is 0. The molecule has 0 bridgehead atoms. The highest BCUT2D eigenvalue weighted by Gasteiger charge is 2.43. The standard InChI is InChI=1S/C51H79N11O8/c1-11-35(4)47(41(69-9)33-45(67)61-26-18-21-39(61)48(70-10)36(5)40(63)32-38(49-53-55-56-54-49)31-37-19-14-12-15-20-37)58(8)50(68)46(34(2)3)52-51(57(6)7)60-29-27-59(28-30-60)42(64)22-16-13-17-25-62-43(65)23-24-44(62)66/h12,14-15,19-20,23-24,34-36,38-39,41,46-48H,11,13,16-18,21-22,25-33H2,1-10H3,(H,53,54,55,56)/t35-,36-,38+,39-,41+,46-,47-,48+/m0/s1. The van der Waals surface area contributed by atoms with Crippen LogP contribution in [0.3, 0.4) is 0 Å². The van der Waals surface area contributed by atoms with E-state index in [0.717, 1.165) is 24.8 Å². The highest BCUT2D eigenvalue weighted by Crippen LogP contribution is 2.32. The summed E-state index contributed by atoms with van der Waals surface area (Å²) in [5.41, 5.74) is 1.06. The third-order valence-electron chi connectivity index (χ3n) is 14.5. The zero-order chi connectivity index (χ0) is 51.1. The van der Waals surface area contributed by atoms with Crippen LogP contribution in [0.25, 0.3) is 0 Å². The van der Waals surface area contributed by atoms with Crippen molar-refractivity contribution < 1.29 is 38.2 Å². The molecule has 1 N–H and O–H groups in total. The number of amides is 5. The molecule has 19 heteroatoms. The van der Waals surface area contributed by atoms with Gasteiger partial charge in [-0.15, -0.1) is 10.2 Å². The second-order valence-electron chi connectivity index (χ2n) is 19.8. The Morgan fingerprint density at radius 1 is 0.857 bits per heavy atom. The van der Waals surface area contributed by atoms with E-state index in [1.165, 1.54) is 17.1 Å². The molecule has 5 amide bonds. The zero-order valence-electron chi connectivity index (χ0n) is 43.3. The Kier molecular flexibility index (Phi) is 21.0. The number of H-pyrrole nitrogens is 1. The average molecular weight is 974 g/mol. The molecule has 2 aromatic rings. The Balaban J connectivity index is 1.22. The number of ether oxygens (including phenoxy) is 2. The van der Waals surface area contributed by atoms with Crippen LogP contribution in [0.1, 0.15) is 110 Å². The summed E-state index contributed by atoms with van der Waals surface area (Å²) in [6, 6.07) is 8.40. The van der Waals surface area contributed by atoms with Gasteiger partial charge in [0.05, 0.1) is 30.7 Å². The topological polar surface area (TPSA) is 207 Å². The predicted octanol–water partition coefficient (Wildman–Crippen LogP) is 3.98. The first-order valence-electron chi connectivity index (χ1n) is 25.2. The summed E-state index contributed by atoms with van der Waals surface area (Å²) in [4.78, 5) is 96.1. The van der Waals surface area contributed by atoms with Gasteiger partial charge in [-0.2, -0.15) is 5.21 Å². The number of rotatable bonds is 25. The highest BCUT2D eigenvalue weighted by atomic mass is 16.5. The van der Waals surface area contributed by atoms with Crippen LogP contribution in [0.4, 0.5) is 0 Å². The average Bonchev–Trinajstić information content (AvgIpc) is 4.14. The molecular weight excluding hydrogens is 895 g/mol. The number of piperazine rings is 1. The third kappa shape index (κ3) is 14.3. The van der Waals surface area contributed by atoms with Crippen LogP contribution >= 0.6 is 0 Å². The fourth-order valence-corrected chi connectivity index (χ4v) is 10.3. The lowest BCUT2D eigenvalue weighted by Crippen LogP contribution is -2.56. The van der Waals surface area contributed by atoms with Gasteiger partial charge < -0.3 is 34.0 Å². The van der Waals surface area contributed by atoms with Crippen molar-refractivity contribution in [1.29, 1.82) is 0 Å². The fraction of sp³-hybridized carbons (Fsp3) is 0.686. The fourth-order valence-electron chi connectivity index (χ4n) is 10.3. The number of benzene rings is 1. The molecule has 0 saturated carbocycles. The number of ketones is 1. The van der Waals surface area contributed by atoms with Crippen molar-refractivity contribution in [2.45, 2.75) is 135 Å². The number of methoxy groups -OCH3 is 2. The maximum atomic E-state index is 14.8. The summed E-state index contributed by atoms with van der Waals surface area (Å²) in [6.45, 7) is 13.0. The molecule has 2 fully saturated rings. The van der Waals surface area contributed by atoms with E-state index < -0.39 is 30.2 Å². The molecule has 8 atom stereocenters. The molecule has 0 unspecified atom stereocenters. The molecule has 19 nitrogen and oxygen atoms in total. The Labute approximate surface area is 414 Å². The number of aromatic nitrogens is 4. The maximum absolute atomic E-state index is 14.8. The highest BCUT2D eigenvalue weighted by molar-refractivity contribution is 6.12. The number of Topliss-reactive ketones (excluding diaryl/α,β-unsaturated/α-hetero) is 1. The lowest BCUT2D eigenvalue weighted by atomic mass is 9.85. The molecule has 3 aliphatic heterocycles. The number of guanidine groups is 1. The van der Waals surface area contributed by atoms with Crippen molar-refractivity contribution in [3.63, 3.8) is 0 Å². The largest absolute Gasteiger partial charge is 0.379 e. The van der Waals surface area contributed by atoms with Crippen molar-refractivity contribution in [3.8, 4) is 0 Å². The van der Waals surface area contributed by atoms with Gasteiger partial charge in [-0.25, -0.2) is 4.99 Å². The van der Waals surface area contributed by atoms with Crippen LogP contribution < -0.4 is 0 Å². The van der Waals surface area contributed by atoms with Gasteiger partial charge in [0.25, 0.3) is 11.8 Å². The molecular formula is C51H79N11O8. The second-order valence-corrected chi connectivity index (χ2v) is 19.8. The Morgan fingerprint density at radius 3 is 2.11 bits per heavy atom. The molecule has 5 rings (SSSR count). The van der Waals surface area contributed by atoms with Crippen molar-refractivity contribution in [1.82, 2.24) is 50.0 Å². The lowest BCUT2D eigenvalue weighted by molar-refractivity contribution is -0.146.